The van der Waals surface area contributed by atoms with Gasteiger partial charge in [0, 0.05) is 31.2 Å². The summed E-state index contributed by atoms with van der Waals surface area (Å²) in [6, 6.07) is 8.63. The third-order valence-electron chi connectivity index (χ3n) is 3.71. The lowest BCUT2D eigenvalue weighted by Gasteiger charge is -2.07. The van der Waals surface area contributed by atoms with Crippen molar-refractivity contribution < 1.29 is 0 Å². The maximum atomic E-state index is 9.18. The molecule has 6 nitrogen and oxygen atoms in total. The fourth-order valence-corrected chi connectivity index (χ4v) is 2.48. The van der Waals surface area contributed by atoms with Crippen LogP contribution in [0.5, 0.6) is 0 Å². The molecule has 1 fully saturated rings. The quantitative estimate of drug-likeness (QED) is 0.787. The van der Waals surface area contributed by atoms with Gasteiger partial charge in [-0.15, -0.1) is 0 Å². The summed E-state index contributed by atoms with van der Waals surface area (Å²) in [6.45, 7) is 0.730. The lowest BCUT2D eigenvalue weighted by Crippen LogP contribution is -2.18. The zero-order chi connectivity index (χ0) is 14.2. The van der Waals surface area contributed by atoms with E-state index in [1.807, 2.05) is 24.4 Å². The van der Waals surface area contributed by atoms with Gasteiger partial charge in [-0.3, -0.25) is 4.57 Å². The third kappa shape index (κ3) is 2.08. The highest BCUT2D eigenvalue weighted by molar-refractivity contribution is 5.49. The molecule has 0 atom stereocenters. The van der Waals surface area contributed by atoms with Crippen molar-refractivity contribution in [2.24, 2.45) is 0 Å². The first-order valence-electron chi connectivity index (χ1n) is 7.00. The minimum atomic E-state index is 0.353. The van der Waals surface area contributed by atoms with E-state index in [1.54, 1.807) is 17.0 Å². The first-order chi connectivity index (χ1) is 10.4. The zero-order valence-electron chi connectivity index (χ0n) is 11.4. The second-order valence-corrected chi connectivity index (χ2v) is 5.20. The minimum Gasteiger partial charge on any atom is -0.308 e. The Morgan fingerprint density at radius 3 is 3.05 bits per heavy atom. The maximum Gasteiger partial charge on any atom is 0.218 e. The predicted molar refractivity (Wildman–Crippen MR) is 76.9 cm³/mol. The van der Waals surface area contributed by atoms with E-state index in [9.17, 15) is 5.26 Å². The largest absolute Gasteiger partial charge is 0.308 e. The lowest BCUT2D eigenvalue weighted by molar-refractivity contribution is 0.666. The molecule has 1 aliphatic rings. The summed E-state index contributed by atoms with van der Waals surface area (Å²) in [5.74, 6) is 1.12. The van der Waals surface area contributed by atoms with E-state index < -0.39 is 0 Å². The predicted octanol–water partition coefficient (Wildman–Crippen LogP) is 1.64. The second-order valence-electron chi connectivity index (χ2n) is 5.20. The Balaban J connectivity index is 1.86. The van der Waals surface area contributed by atoms with Crippen molar-refractivity contribution in [3.05, 3.63) is 48.3 Å². The number of hydrogen-bond acceptors (Lipinski definition) is 4. The average molecular weight is 278 g/mol. The van der Waals surface area contributed by atoms with Crippen LogP contribution in [-0.4, -0.2) is 25.0 Å². The van der Waals surface area contributed by atoms with Gasteiger partial charge < -0.3 is 9.72 Å². The van der Waals surface area contributed by atoms with Gasteiger partial charge in [0.05, 0.1) is 5.69 Å². The molecule has 0 unspecified atom stereocenters. The molecule has 3 aromatic rings. The van der Waals surface area contributed by atoms with Crippen LogP contribution in [0.15, 0.2) is 36.8 Å². The number of aromatic nitrogens is 4. The summed E-state index contributed by atoms with van der Waals surface area (Å²) in [7, 11) is 0. The third-order valence-corrected chi connectivity index (χ3v) is 3.71. The van der Waals surface area contributed by atoms with E-state index in [0.29, 0.717) is 11.9 Å². The summed E-state index contributed by atoms with van der Waals surface area (Å²) in [6.07, 6.45) is 7.88. The molecular formula is C15H14N6. The molecule has 0 spiro atoms. The molecule has 1 N–H and O–H groups in total. The minimum absolute atomic E-state index is 0.353. The SMILES string of the molecule is N#Cc1nccn1-c1nc2ccccn2c1CNC1CC1. The Morgan fingerprint density at radius 2 is 2.24 bits per heavy atom. The van der Waals surface area contributed by atoms with Gasteiger partial charge in [0.1, 0.15) is 11.7 Å². The number of nitrogens with one attached hydrogen (secondary N) is 1. The van der Waals surface area contributed by atoms with E-state index >= 15 is 0 Å². The van der Waals surface area contributed by atoms with Crippen LogP contribution < -0.4 is 5.32 Å². The van der Waals surface area contributed by atoms with Crippen molar-refractivity contribution in [2.75, 3.05) is 0 Å². The van der Waals surface area contributed by atoms with Crippen LogP contribution in [0.1, 0.15) is 24.4 Å². The molecule has 104 valence electrons. The average Bonchev–Trinajstić information content (AvgIpc) is 3.11. The Morgan fingerprint density at radius 1 is 1.33 bits per heavy atom. The van der Waals surface area contributed by atoms with Crippen LogP contribution in [0.2, 0.25) is 0 Å². The smallest absolute Gasteiger partial charge is 0.218 e. The topological polar surface area (TPSA) is 70.9 Å². The molecule has 6 heteroatoms. The highest BCUT2D eigenvalue weighted by atomic mass is 15.2. The molecule has 0 aromatic carbocycles. The van der Waals surface area contributed by atoms with Crippen LogP contribution in [0.4, 0.5) is 0 Å². The molecule has 1 saturated carbocycles. The van der Waals surface area contributed by atoms with Crippen molar-refractivity contribution in [3.63, 3.8) is 0 Å². The van der Waals surface area contributed by atoms with Crippen LogP contribution in [0.25, 0.3) is 11.5 Å². The molecule has 0 radical (unpaired) electrons. The molecule has 0 amide bonds. The molecule has 0 aliphatic heterocycles. The summed E-state index contributed by atoms with van der Waals surface area (Å²) < 4.78 is 3.81. The molecule has 1 aliphatic carbocycles. The highest BCUT2D eigenvalue weighted by Gasteiger charge is 2.23. The van der Waals surface area contributed by atoms with Gasteiger partial charge in [0.25, 0.3) is 0 Å². The van der Waals surface area contributed by atoms with Crippen molar-refractivity contribution in [1.29, 1.82) is 5.26 Å². The van der Waals surface area contributed by atoms with Gasteiger partial charge in [0.2, 0.25) is 5.82 Å². The van der Waals surface area contributed by atoms with Crippen molar-refractivity contribution in [2.45, 2.75) is 25.4 Å². The molecule has 4 rings (SSSR count). The van der Waals surface area contributed by atoms with Gasteiger partial charge in [-0.05, 0) is 25.0 Å². The monoisotopic (exact) mass is 278 g/mol. The van der Waals surface area contributed by atoms with Crippen LogP contribution in [0, 0.1) is 11.3 Å². The molecule has 0 bridgehead atoms. The number of imidazole rings is 2. The van der Waals surface area contributed by atoms with E-state index in [0.717, 1.165) is 23.7 Å². The van der Waals surface area contributed by atoms with Crippen LogP contribution in [0.3, 0.4) is 0 Å². The Hall–Kier alpha value is -2.65. The van der Waals surface area contributed by atoms with Gasteiger partial charge in [0.15, 0.2) is 5.82 Å². The van der Waals surface area contributed by atoms with Gasteiger partial charge in [-0.2, -0.15) is 5.26 Å². The fraction of sp³-hybridized carbons (Fsp3) is 0.267. The Bertz CT molecular complexity index is 833. The van der Waals surface area contributed by atoms with Gasteiger partial charge >= 0.3 is 0 Å². The molecule has 0 saturated heterocycles. The van der Waals surface area contributed by atoms with E-state index in [4.69, 9.17) is 0 Å². The number of pyridine rings is 1. The Labute approximate surface area is 121 Å². The normalized spacial score (nSPS) is 14.4. The van der Waals surface area contributed by atoms with Crippen molar-refractivity contribution in [3.8, 4) is 11.9 Å². The fourth-order valence-electron chi connectivity index (χ4n) is 2.48. The van der Waals surface area contributed by atoms with Crippen molar-refractivity contribution in [1.82, 2.24) is 24.3 Å². The number of nitrogens with zero attached hydrogens (tertiary/aromatic N) is 5. The number of rotatable bonds is 4. The van der Waals surface area contributed by atoms with Gasteiger partial charge in [-0.1, -0.05) is 6.07 Å². The summed E-state index contributed by atoms with van der Waals surface area (Å²) >= 11 is 0. The lowest BCUT2D eigenvalue weighted by atomic mass is 10.4. The van der Waals surface area contributed by atoms with E-state index in [-0.39, 0.29) is 0 Å². The zero-order valence-corrected chi connectivity index (χ0v) is 11.4. The summed E-state index contributed by atoms with van der Waals surface area (Å²) in [5, 5.41) is 12.7. The summed E-state index contributed by atoms with van der Waals surface area (Å²) in [5.41, 5.74) is 1.92. The van der Waals surface area contributed by atoms with E-state index in [2.05, 4.69) is 25.8 Å². The molecule has 3 heterocycles. The first-order valence-corrected chi connectivity index (χ1v) is 7.00. The van der Waals surface area contributed by atoms with Crippen LogP contribution in [-0.2, 0) is 6.54 Å². The first kappa shape index (κ1) is 12.1. The van der Waals surface area contributed by atoms with Gasteiger partial charge in [-0.25, -0.2) is 9.97 Å². The number of hydrogen-bond donors (Lipinski definition) is 1. The standard InChI is InChI=1S/C15H14N6/c16-9-14-17-6-8-21(14)15-12(10-18-11-4-5-11)20-7-2-1-3-13(20)19-15/h1-3,6-8,11,18H,4-5,10H2. The molecule has 21 heavy (non-hydrogen) atoms. The molecular weight excluding hydrogens is 264 g/mol. The maximum absolute atomic E-state index is 9.18. The Kier molecular flexibility index (Phi) is 2.72. The number of nitriles is 1. The highest BCUT2D eigenvalue weighted by Crippen LogP contribution is 2.22. The van der Waals surface area contributed by atoms with E-state index in [1.165, 1.54) is 12.8 Å². The second kappa shape index (κ2) is 4.72. The summed E-state index contributed by atoms with van der Waals surface area (Å²) in [4.78, 5) is 8.72. The molecule has 3 aromatic heterocycles. The van der Waals surface area contributed by atoms with Crippen molar-refractivity contribution >= 4 is 5.65 Å². The number of fused-ring (bicyclic) bond motifs is 1. The van der Waals surface area contributed by atoms with Crippen LogP contribution >= 0.6 is 0 Å².